The zero-order valence-corrected chi connectivity index (χ0v) is 14.3. The second kappa shape index (κ2) is 6.79. The largest absolute Gasteiger partial charge is 0.508 e. The number of aromatic carboxylic acids is 1. The Balaban J connectivity index is 2.25. The molecule has 7 nitrogen and oxygen atoms in total. The summed E-state index contributed by atoms with van der Waals surface area (Å²) in [5, 5.41) is 36.3. The van der Waals surface area contributed by atoms with Crippen LogP contribution in [0.4, 0.5) is 0 Å². The molecule has 26 heavy (non-hydrogen) atoms. The van der Waals surface area contributed by atoms with Gasteiger partial charge >= 0.3 is 5.97 Å². The summed E-state index contributed by atoms with van der Waals surface area (Å²) in [6.45, 7) is 1.87. The van der Waals surface area contributed by atoms with Crippen molar-refractivity contribution in [3.05, 3.63) is 47.7 Å². The van der Waals surface area contributed by atoms with Crippen LogP contribution in [0.2, 0.25) is 0 Å². The molecular weight excluding hydrogens is 336 g/mol. The van der Waals surface area contributed by atoms with Gasteiger partial charge in [0.2, 0.25) is 0 Å². The molecule has 0 aliphatic carbocycles. The van der Waals surface area contributed by atoms with E-state index in [-0.39, 0.29) is 17.2 Å². The molecule has 3 aromatic rings. The molecular formula is C19H18N2O5. The van der Waals surface area contributed by atoms with Gasteiger partial charge in [0.1, 0.15) is 22.9 Å². The predicted octanol–water partition coefficient (Wildman–Crippen LogP) is 3.42. The lowest BCUT2D eigenvalue weighted by molar-refractivity contribution is 0.0691. The number of aromatic hydroxyl groups is 2. The number of aryl methyl sites for hydroxylation is 1. The van der Waals surface area contributed by atoms with Crippen molar-refractivity contribution in [1.29, 1.82) is 0 Å². The maximum absolute atomic E-state index is 11.6. The first kappa shape index (κ1) is 17.3. The molecule has 4 N–H and O–H groups in total. The van der Waals surface area contributed by atoms with Crippen LogP contribution in [0.5, 0.6) is 17.2 Å². The lowest BCUT2D eigenvalue weighted by Gasteiger charge is -2.10. The summed E-state index contributed by atoms with van der Waals surface area (Å²) in [5.74, 6) is -0.730. The van der Waals surface area contributed by atoms with E-state index < -0.39 is 5.97 Å². The lowest BCUT2D eigenvalue weighted by Crippen LogP contribution is -1.99. The highest BCUT2D eigenvalue weighted by Gasteiger charge is 2.23. The van der Waals surface area contributed by atoms with Crippen molar-refractivity contribution in [3.63, 3.8) is 0 Å². The summed E-state index contributed by atoms with van der Waals surface area (Å²) in [7, 11) is 1.54. The highest BCUT2D eigenvalue weighted by Crippen LogP contribution is 2.40. The van der Waals surface area contributed by atoms with E-state index in [9.17, 15) is 20.1 Å². The molecule has 3 rings (SSSR count). The van der Waals surface area contributed by atoms with Gasteiger partial charge in [-0.3, -0.25) is 5.10 Å². The second-order valence-electron chi connectivity index (χ2n) is 5.71. The van der Waals surface area contributed by atoms with Crippen molar-refractivity contribution >= 4 is 5.97 Å². The summed E-state index contributed by atoms with van der Waals surface area (Å²) < 4.78 is 5.13. The number of aromatic nitrogens is 2. The van der Waals surface area contributed by atoms with Crippen molar-refractivity contribution in [2.45, 2.75) is 13.3 Å². The molecule has 0 radical (unpaired) electrons. The minimum absolute atomic E-state index is 0.0197. The SMILES string of the molecule is CCc1cc(-c2n[nH]c(C(=O)O)c2-c2ccc(OC)cc2)c(O)cc1O. The Morgan fingerprint density at radius 2 is 1.85 bits per heavy atom. The number of hydrogen-bond donors (Lipinski definition) is 4. The van der Waals surface area contributed by atoms with E-state index in [1.165, 1.54) is 6.07 Å². The number of hydrogen-bond acceptors (Lipinski definition) is 5. The van der Waals surface area contributed by atoms with Crippen LogP contribution in [-0.4, -0.2) is 38.6 Å². The van der Waals surface area contributed by atoms with Gasteiger partial charge in [0.05, 0.1) is 7.11 Å². The van der Waals surface area contributed by atoms with Crippen LogP contribution in [0.15, 0.2) is 36.4 Å². The summed E-state index contributed by atoms with van der Waals surface area (Å²) >= 11 is 0. The van der Waals surface area contributed by atoms with Crippen LogP contribution in [0.25, 0.3) is 22.4 Å². The number of phenolic OH excluding ortho intramolecular Hbond substituents is 2. The Kier molecular flexibility index (Phi) is 4.53. The molecule has 0 saturated carbocycles. The minimum Gasteiger partial charge on any atom is -0.508 e. The van der Waals surface area contributed by atoms with Crippen LogP contribution >= 0.6 is 0 Å². The molecule has 0 aliphatic rings. The molecule has 134 valence electrons. The van der Waals surface area contributed by atoms with Crippen LogP contribution in [0.1, 0.15) is 23.0 Å². The quantitative estimate of drug-likeness (QED) is 0.558. The standard InChI is InChI=1S/C19H18N2O5/c1-3-10-8-13(15(23)9-14(10)22)17-16(18(19(24)25)21-20-17)11-4-6-12(26-2)7-5-11/h4-9,22-23H,3H2,1-2H3,(H,20,21)(H,24,25). The van der Waals surface area contributed by atoms with E-state index in [2.05, 4.69) is 10.2 Å². The van der Waals surface area contributed by atoms with E-state index in [1.807, 2.05) is 6.92 Å². The zero-order valence-electron chi connectivity index (χ0n) is 14.3. The fourth-order valence-electron chi connectivity index (χ4n) is 2.83. The molecule has 1 heterocycles. The van der Waals surface area contributed by atoms with Crippen LogP contribution in [0.3, 0.4) is 0 Å². The van der Waals surface area contributed by atoms with Gasteiger partial charge in [-0.1, -0.05) is 19.1 Å². The van der Waals surface area contributed by atoms with Crippen LogP contribution in [0, 0.1) is 0 Å². The summed E-state index contributed by atoms with van der Waals surface area (Å²) in [6, 6.07) is 9.72. The summed E-state index contributed by atoms with van der Waals surface area (Å²) in [6.07, 6.45) is 0.549. The summed E-state index contributed by atoms with van der Waals surface area (Å²) in [5.41, 5.74) is 2.13. The monoisotopic (exact) mass is 354 g/mol. The van der Waals surface area contributed by atoms with E-state index in [4.69, 9.17) is 4.74 Å². The van der Waals surface area contributed by atoms with Crippen molar-refractivity contribution < 1.29 is 24.9 Å². The molecule has 2 aromatic carbocycles. The Hall–Kier alpha value is -3.48. The average Bonchev–Trinajstić information content (AvgIpc) is 3.07. The first-order valence-electron chi connectivity index (χ1n) is 7.97. The number of ether oxygens (including phenoxy) is 1. The third kappa shape index (κ3) is 2.95. The fraction of sp³-hybridized carbons (Fsp3) is 0.158. The molecule has 0 spiro atoms. The fourth-order valence-corrected chi connectivity index (χ4v) is 2.83. The molecule has 0 saturated heterocycles. The van der Waals surface area contributed by atoms with E-state index in [0.29, 0.717) is 40.1 Å². The Bertz CT molecular complexity index is 961. The smallest absolute Gasteiger partial charge is 0.354 e. The molecule has 0 amide bonds. The minimum atomic E-state index is -1.16. The Morgan fingerprint density at radius 1 is 1.15 bits per heavy atom. The van der Waals surface area contributed by atoms with Gasteiger partial charge in [0.15, 0.2) is 5.69 Å². The van der Waals surface area contributed by atoms with Gasteiger partial charge in [-0.25, -0.2) is 4.79 Å². The number of aromatic amines is 1. The highest BCUT2D eigenvalue weighted by molar-refractivity contribution is 5.99. The summed E-state index contributed by atoms with van der Waals surface area (Å²) in [4.78, 5) is 11.6. The van der Waals surface area contributed by atoms with Gasteiger partial charge in [-0.2, -0.15) is 5.10 Å². The molecule has 0 fully saturated rings. The number of H-pyrrole nitrogens is 1. The third-order valence-electron chi connectivity index (χ3n) is 4.19. The molecule has 0 atom stereocenters. The Labute approximate surface area is 149 Å². The number of carboxylic acids is 1. The van der Waals surface area contributed by atoms with Crippen LogP contribution in [-0.2, 0) is 6.42 Å². The topological polar surface area (TPSA) is 116 Å². The van der Waals surface area contributed by atoms with E-state index in [0.717, 1.165) is 0 Å². The van der Waals surface area contributed by atoms with Crippen molar-refractivity contribution in [2.75, 3.05) is 7.11 Å². The number of nitrogens with one attached hydrogen (secondary N) is 1. The molecule has 0 unspecified atom stereocenters. The molecule has 0 bridgehead atoms. The highest BCUT2D eigenvalue weighted by atomic mass is 16.5. The van der Waals surface area contributed by atoms with E-state index in [1.54, 1.807) is 37.4 Å². The van der Waals surface area contributed by atoms with Gasteiger partial charge in [0, 0.05) is 17.2 Å². The number of benzene rings is 2. The molecule has 0 aliphatic heterocycles. The lowest BCUT2D eigenvalue weighted by atomic mass is 9.96. The molecule has 7 heteroatoms. The maximum atomic E-state index is 11.6. The average molecular weight is 354 g/mol. The van der Waals surface area contributed by atoms with Gasteiger partial charge in [0.25, 0.3) is 0 Å². The van der Waals surface area contributed by atoms with Gasteiger partial charge < -0.3 is 20.1 Å². The first-order chi connectivity index (χ1) is 12.5. The van der Waals surface area contributed by atoms with Crippen molar-refractivity contribution in [3.8, 4) is 39.6 Å². The predicted molar refractivity (Wildman–Crippen MR) is 95.7 cm³/mol. The number of carboxylic acid groups (broad SMARTS) is 1. The van der Waals surface area contributed by atoms with Gasteiger partial charge in [-0.05, 0) is 35.7 Å². The third-order valence-corrected chi connectivity index (χ3v) is 4.19. The van der Waals surface area contributed by atoms with Crippen LogP contribution < -0.4 is 4.74 Å². The number of methoxy groups -OCH3 is 1. The number of nitrogens with zero attached hydrogens (tertiary/aromatic N) is 1. The molecule has 1 aromatic heterocycles. The number of rotatable bonds is 5. The zero-order chi connectivity index (χ0) is 18.8. The normalized spacial score (nSPS) is 10.7. The van der Waals surface area contributed by atoms with E-state index >= 15 is 0 Å². The van der Waals surface area contributed by atoms with Crippen molar-refractivity contribution in [1.82, 2.24) is 10.2 Å². The first-order valence-corrected chi connectivity index (χ1v) is 7.97. The van der Waals surface area contributed by atoms with Gasteiger partial charge in [-0.15, -0.1) is 0 Å². The number of carbonyl (C=O) groups is 1. The number of phenols is 2. The Morgan fingerprint density at radius 3 is 2.42 bits per heavy atom. The maximum Gasteiger partial charge on any atom is 0.354 e. The second-order valence-corrected chi connectivity index (χ2v) is 5.71. The van der Waals surface area contributed by atoms with Crippen molar-refractivity contribution in [2.24, 2.45) is 0 Å².